The van der Waals surface area contributed by atoms with Crippen molar-refractivity contribution in [3.63, 3.8) is 0 Å². The van der Waals surface area contributed by atoms with Gasteiger partial charge in [-0.3, -0.25) is 0 Å². The van der Waals surface area contributed by atoms with Crippen LogP contribution in [0.4, 0.5) is 0 Å². The highest BCUT2D eigenvalue weighted by Crippen LogP contribution is 2.21. The molecule has 0 saturated carbocycles. The van der Waals surface area contributed by atoms with Crippen LogP contribution in [0.5, 0.6) is 0 Å². The molecule has 1 atom stereocenters. The van der Waals surface area contributed by atoms with Crippen molar-refractivity contribution in [2.45, 2.75) is 52.5 Å². The molecule has 0 aromatic heterocycles. The fourth-order valence-corrected chi connectivity index (χ4v) is 3.09. The second kappa shape index (κ2) is 7.95. The molecule has 0 radical (unpaired) electrons. The third-order valence-corrected chi connectivity index (χ3v) is 4.56. The third kappa shape index (κ3) is 5.80. The van der Waals surface area contributed by atoms with Crippen LogP contribution in [-0.2, 0) is 6.42 Å². The van der Waals surface area contributed by atoms with E-state index in [2.05, 4.69) is 61.3 Å². The minimum atomic E-state index is 0.354. The predicted molar refractivity (Wildman–Crippen MR) is 91.7 cm³/mol. The van der Waals surface area contributed by atoms with Gasteiger partial charge < -0.3 is 10.2 Å². The summed E-state index contributed by atoms with van der Waals surface area (Å²) >= 11 is 0. The summed E-state index contributed by atoms with van der Waals surface area (Å²) < 4.78 is 0. The van der Waals surface area contributed by atoms with E-state index in [-0.39, 0.29) is 0 Å². The number of hydrogen-bond donors (Lipinski definition) is 1. The van der Waals surface area contributed by atoms with Crippen LogP contribution in [0.1, 0.15) is 45.6 Å². The Bertz CT molecular complexity index is 394. The van der Waals surface area contributed by atoms with Gasteiger partial charge in [0.25, 0.3) is 0 Å². The molecule has 0 spiro atoms. The van der Waals surface area contributed by atoms with Gasteiger partial charge in [-0.15, -0.1) is 0 Å². The van der Waals surface area contributed by atoms with E-state index in [1.165, 1.54) is 57.4 Å². The van der Waals surface area contributed by atoms with Gasteiger partial charge >= 0.3 is 0 Å². The molecule has 0 bridgehead atoms. The van der Waals surface area contributed by atoms with Gasteiger partial charge in [0.2, 0.25) is 0 Å². The van der Waals surface area contributed by atoms with Gasteiger partial charge in [-0.25, -0.2) is 0 Å². The van der Waals surface area contributed by atoms with Gasteiger partial charge in [-0.05, 0) is 56.3 Å². The molecule has 2 heteroatoms. The smallest absolute Gasteiger partial charge is 0.0243 e. The Morgan fingerprint density at radius 2 is 1.90 bits per heavy atom. The van der Waals surface area contributed by atoms with Crippen LogP contribution in [0.15, 0.2) is 30.3 Å². The van der Waals surface area contributed by atoms with Crippen LogP contribution in [0.3, 0.4) is 0 Å². The second-order valence-electron chi connectivity index (χ2n) is 7.47. The van der Waals surface area contributed by atoms with E-state index in [4.69, 9.17) is 0 Å². The summed E-state index contributed by atoms with van der Waals surface area (Å²) in [5.41, 5.74) is 1.83. The Morgan fingerprint density at radius 3 is 2.62 bits per heavy atom. The van der Waals surface area contributed by atoms with E-state index < -0.39 is 0 Å². The van der Waals surface area contributed by atoms with E-state index in [0.29, 0.717) is 11.5 Å². The van der Waals surface area contributed by atoms with Crippen LogP contribution in [0, 0.1) is 5.41 Å². The van der Waals surface area contributed by atoms with Gasteiger partial charge in [0.1, 0.15) is 0 Å². The number of nitrogens with zero attached hydrogens (tertiary/aromatic N) is 1. The molecule has 1 N–H and O–H groups in total. The molecule has 1 saturated heterocycles. The minimum Gasteiger partial charge on any atom is -0.312 e. The summed E-state index contributed by atoms with van der Waals surface area (Å²) in [5, 5.41) is 3.73. The number of rotatable bonds is 5. The van der Waals surface area contributed by atoms with Gasteiger partial charge in [0, 0.05) is 12.6 Å². The Hall–Kier alpha value is -0.860. The first kappa shape index (κ1) is 16.5. The first-order valence-electron chi connectivity index (χ1n) is 8.55. The molecule has 1 aliphatic heterocycles. The summed E-state index contributed by atoms with van der Waals surface area (Å²) in [6, 6.07) is 11.5. The van der Waals surface area contributed by atoms with Crippen LogP contribution >= 0.6 is 0 Å². The number of benzene rings is 1. The first-order chi connectivity index (χ1) is 10.1. The molecule has 2 nitrogen and oxygen atoms in total. The van der Waals surface area contributed by atoms with E-state index in [1.807, 2.05) is 0 Å². The molecule has 1 aliphatic rings. The molecule has 0 amide bonds. The fourth-order valence-electron chi connectivity index (χ4n) is 3.09. The highest BCUT2D eigenvalue weighted by molar-refractivity contribution is 5.14. The summed E-state index contributed by atoms with van der Waals surface area (Å²) in [6.07, 6.45) is 5.11. The van der Waals surface area contributed by atoms with Crippen LogP contribution in [-0.4, -0.2) is 37.1 Å². The zero-order valence-corrected chi connectivity index (χ0v) is 14.1. The average molecular weight is 288 g/mol. The van der Waals surface area contributed by atoms with Crippen molar-refractivity contribution in [1.29, 1.82) is 0 Å². The molecule has 1 aromatic rings. The Kier molecular flexibility index (Phi) is 6.25. The number of unbranched alkanes of at least 4 members (excludes halogenated alkanes) is 1. The number of nitrogens with one attached hydrogen (secondary N) is 1. The second-order valence-corrected chi connectivity index (χ2v) is 7.47. The lowest BCUT2D eigenvalue weighted by atomic mass is 9.86. The van der Waals surface area contributed by atoms with Gasteiger partial charge in [-0.1, -0.05) is 51.1 Å². The van der Waals surface area contributed by atoms with Crippen molar-refractivity contribution in [1.82, 2.24) is 10.2 Å². The lowest BCUT2D eigenvalue weighted by Crippen LogP contribution is -2.46. The summed E-state index contributed by atoms with van der Waals surface area (Å²) in [7, 11) is 0. The molecule has 21 heavy (non-hydrogen) atoms. The maximum atomic E-state index is 3.73. The SMILES string of the molecule is CC(C)(C)C1CN(CCCCc2ccccc2)CCCN1. The number of hydrogen-bond acceptors (Lipinski definition) is 2. The summed E-state index contributed by atoms with van der Waals surface area (Å²) in [4.78, 5) is 2.67. The first-order valence-corrected chi connectivity index (χ1v) is 8.55. The predicted octanol–water partition coefficient (Wildman–Crippen LogP) is 3.72. The Balaban J connectivity index is 1.72. The van der Waals surface area contributed by atoms with Crippen LogP contribution in [0.2, 0.25) is 0 Å². The molecule has 1 heterocycles. The van der Waals surface area contributed by atoms with Crippen molar-refractivity contribution < 1.29 is 0 Å². The Labute approximate surface area is 130 Å². The highest BCUT2D eigenvalue weighted by atomic mass is 15.2. The van der Waals surface area contributed by atoms with Crippen LogP contribution in [0.25, 0.3) is 0 Å². The van der Waals surface area contributed by atoms with Gasteiger partial charge in [0.15, 0.2) is 0 Å². The monoisotopic (exact) mass is 288 g/mol. The molecular weight excluding hydrogens is 256 g/mol. The molecule has 1 unspecified atom stereocenters. The van der Waals surface area contributed by atoms with Crippen molar-refractivity contribution in [3.05, 3.63) is 35.9 Å². The molecule has 1 fully saturated rings. The molecule has 118 valence electrons. The standard InChI is InChI=1S/C19H32N2/c1-19(2,3)18-16-21(15-9-13-20-18)14-8-7-12-17-10-5-4-6-11-17/h4-6,10-11,18,20H,7-9,12-16H2,1-3H3. The third-order valence-electron chi connectivity index (χ3n) is 4.56. The van der Waals surface area contributed by atoms with Crippen molar-refractivity contribution >= 4 is 0 Å². The topological polar surface area (TPSA) is 15.3 Å². The molecular formula is C19H32N2. The van der Waals surface area contributed by atoms with Gasteiger partial charge in [0.05, 0.1) is 0 Å². The van der Waals surface area contributed by atoms with E-state index in [9.17, 15) is 0 Å². The largest absolute Gasteiger partial charge is 0.312 e. The zero-order valence-electron chi connectivity index (χ0n) is 14.1. The van der Waals surface area contributed by atoms with E-state index in [1.54, 1.807) is 0 Å². The fraction of sp³-hybridized carbons (Fsp3) is 0.684. The van der Waals surface area contributed by atoms with E-state index in [0.717, 1.165) is 0 Å². The quantitative estimate of drug-likeness (QED) is 0.831. The summed E-state index contributed by atoms with van der Waals surface area (Å²) in [6.45, 7) is 11.9. The lowest BCUT2D eigenvalue weighted by molar-refractivity contribution is 0.195. The molecule has 0 aliphatic carbocycles. The summed E-state index contributed by atoms with van der Waals surface area (Å²) in [5.74, 6) is 0. The number of aryl methyl sites for hydroxylation is 1. The van der Waals surface area contributed by atoms with Crippen LogP contribution < -0.4 is 5.32 Å². The van der Waals surface area contributed by atoms with Crippen molar-refractivity contribution in [2.75, 3.05) is 26.2 Å². The van der Waals surface area contributed by atoms with Gasteiger partial charge in [-0.2, -0.15) is 0 Å². The van der Waals surface area contributed by atoms with Crippen molar-refractivity contribution in [2.24, 2.45) is 5.41 Å². The maximum absolute atomic E-state index is 3.73. The van der Waals surface area contributed by atoms with E-state index >= 15 is 0 Å². The minimum absolute atomic E-state index is 0.354. The highest BCUT2D eigenvalue weighted by Gasteiger charge is 2.27. The molecule has 2 rings (SSSR count). The zero-order chi connectivity index (χ0) is 15.1. The molecule has 1 aromatic carbocycles. The lowest BCUT2D eigenvalue weighted by Gasteiger charge is -2.33. The normalized spacial score (nSPS) is 21.2. The van der Waals surface area contributed by atoms with Crippen molar-refractivity contribution in [3.8, 4) is 0 Å². The average Bonchev–Trinajstić information content (AvgIpc) is 2.70. The Morgan fingerprint density at radius 1 is 1.14 bits per heavy atom. The maximum Gasteiger partial charge on any atom is 0.0243 e.